The second-order valence-electron chi connectivity index (χ2n) is 5.38. The Morgan fingerprint density at radius 1 is 1.18 bits per heavy atom. The van der Waals surface area contributed by atoms with Crippen molar-refractivity contribution in [1.29, 1.82) is 0 Å². The number of carbonyl (C=O) groups is 3. The maximum atomic E-state index is 12.0. The van der Waals surface area contributed by atoms with Gasteiger partial charge in [-0.2, -0.15) is 0 Å². The van der Waals surface area contributed by atoms with E-state index in [0.717, 1.165) is 31.2 Å². The third-order valence-corrected chi connectivity index (χ3v) is 3.86. The Morgan fingerprint density at radius 3 is 2.59 bits per heavy atom. The SMILES string of the molecule is CC[C@H](NC(=O)C(=O)Nc1cccc2c1CCCC2)C(=O)O. The second-order valence-corrected chi connectivity index (χ2v) is 5.38. The van der Waals surface area contributed by atoms with E-state index in [1.165, 1.54) is 5.56 Å². The molecule has 0 aromatic heterocycles. The maximum Gasteiger partial charge on any atom is 0.326 e. The molecule has 6 heteroatoms. The fraction of sp³-hybridized carbons (Fsp3) is 0.438. The van der Waals surface area contributed by atoms with Crippen molar-refractivity contribution in [2.24, 2.45) is 0 Å². The van der Waals surface area contributed by atoms with Gasteiger partial charge in [-0.3, -0.25) is 9.59 Å². The largest absolute Gasteiger partial charge is 0.480 e. The summed E-state index contributed by atoms with van der Waals surface area (Å²) in [6, 6.07) is 4.60. The van der Waals surface area contributed by atoms with Crippen LogP contribution in [0.5, 0.6) is 0 Å². The molecule has 0 aliphatic heterocycles. The Balaban J connectivity index is 2.06. The molecular formula is C16H20N2O4. The van der Waals surface area contributed by atoms with Crippen LogP contribution in [-0.4, -0.2) is 28.9 Å². The molecule has 0 saturated carbocycles. The molecule has 0 radical (unpaired) electrons. The van der Waals surface area contributed by atoms with E-state index >= 15 is 0 Å². The zero-order valence-corrected chi connectivity index (χ0v) is 12.5. The topological polar surface area (TPSA) is 95.5 Å². The average molecular weight is 304 g/mol. The van der Waals surface area contributed by atoms with E-state index in [1.807, 2.05) is 12.1 Å². The molecule has 0 bridgehead atoms. The number of anilines is 1. The van der Waals surface area contributed by atoms with Crippen LogP contribution in [-0.2, 0) is 27.2 Å². The maximum absolute atomic E-state index is 12.0. The Labute approximate surface area is 128 Å². The number of amides is 2. The van der Waals surface area contributed by atoms with Gasteiger partial charge in [-0.1, -0.05) is 19.1 Å². The van der Waals surface area contributed by atoms with Crippen LogP contribution < -0.4 is 10.6 Å². The van der Waals surface area contributed by atoms with Crippen molar-refractivity contribution in [2.45, 2.75) is 45.1 Å². The minimum Gasteiger partial charge on any atom is -0.480 e. The van der Waals surface area contributed by atoms with Crippen LogP contribution in [0.2, 0.25) is 0 Å². The Bertz CT molecular complexity index is 598. The summed E-state index contributed by atoms with van der Waals surface area (Å²) < 4.78 is 0. The Kier molecular flexibility index (Phi) is 5.14. The van der Waals surface area contributed by atoms with Crippen molar-refractivity contribution in [1.82, 2.24) is 5.32 Å². The number of carboxylic acid groups (broad SMARTS) is 1. The molecule has 1 aromatic rings. The van der Waals surface area contributed by atoms with Gasteiger partial charge in [-0.05, 0) is 49.3 Å². The molecule has 1 aliphatic rings. The average Bonchev–Trinajstić information content (AvgIpc) is 2.52. The van der Waals surface area contributed by atoms with Crippen LogP contribution in [0, 0.1) is 0 Å². The van der Waals surface area contributed by atoms with Gasteiger partial charge in [0.05, 0.1) is 0 Å². The van der Waals surface area contributed by atoms with Gasteiger partial charge in [0.1, 0.15) is 6.04 Å². The lowest BCUT2D eigenvalue weighted by atomic mass is 9.90. The third-order valence-electron chi connectivity index (χ3n) is 3.86. The summed E-state index contributed by atoms with van der Waals surface area (Å²) >= 11 is 0. The summed E-state index contributed by atoms with van der Waals surface area (Å²) in [6.07, 6.45) is 4.25. The molecule has 0 heterocycles. The fourth-order valence-corrected chi connectivity index (χ4v) is 2.64. The van der Waals surface area contributed by atoms with Crippen molar-refractivity contribution in [3.05, 3.63) is 29.3 Å². The fourth-order valence-electron chi connectivity index (χ4n) is 2.64. The van der Waals surface area contributed by atoms with Crippen LogP contribution in [0.1, 0.15) is 37.3 Å². The lowest BCUT2D eigenvalue weighted by molar-refractivity contribution is -0.143. The van der Waals surface area contributed by atoms with Crippen molar-refractivity contribution in [3.8, 4) is 0 Å². The second kappa shape index (κ2) is 7.06. The third kappa shape index (κ3) is 3.63. The zero-order valence-electron chi connectivity index (χ0n) is 12.5. The molecule has 0 saturated heterocycles. The van der Waals surface area contributed by atoms with E-state index < -0.39 is 23.8 Å². The van der Waals surface area contributed by atoms with Crippen LogP contribution in [0.4, 0.5) is 5.69 Å². The first-order valence-electron chi connectivity index (χ1n) is 7.48. The van der Waals surface area contributed by atoms with Crippen molar-refractivity contribution in [2.75, 3.05) is 5.32 Å². The molecule has 6 nitrogen and oxygen atoms in total. The quantitative estimate of drug-likeness (QED) is 0.734. The van der Waals surface area contributed by atoms with Gasteiger partial charge < -0.3 is 15.7 Å². The highest BCUT2D eigenvalue weighted by Gasteiger charge is 2.23. The van der Waals surface area contributed by atoms with E-state index in [0.29, 0.717) is 5.69 Å². The lowest BCUT2D eigenvalue weighted by Gasteiger charge is -2.19. The van der Waals surface area contributed by atoms with Gasteiger partial charge in [0.15, 0.2) is 0 Å². The highest BCUT2D eigenvalue weighted by Crippen LogP contribution is 2.27. The van der Waals surface area contributed by atoms with Crippen LogP contribution in [0.25, 0.3) is 0 Å². The molecule has 0 unspecified atom stereocenters. The Morgan fingerprint density at radius 2 is 1.91 bits per heavy atom. The molecular weight excluding hydrogens is 284 g/mol. The molecule has 2 rings (SSSR count). The number of carbonyl (C=O) groups excluding carboxylic acids is 2. The standard InChI is InChI=1S/C16H20N2O4/c1-2-12(16(21)22)17-14(19)15(20)18-13-9-5-7-10-6-3-4-8-11(10)13/h5,7,9,12H,2-4,6,8H2,1H3,(H,17,19)(H,18,20)(H,21,22)/t12-/m0/s1. The van der Waals surface area contributed by atoms with Gasteiger partial charge in [0.2, 0.25) is 0 Å². The van der Waals surface area contributed by atoms with Crippen molar-refractivity contribution in [3.63, 3.8) is 0 Å². The molecule has 22 heavy (non-hydrogen) atoms. The number of fused-ring (bicyclic) bond motifs is 1. The van der Waals surface area contributed by atoms with Gasteiger partial charge in [0.25, 0.3) is 0 Å². The minimum absolute atomic E-state index is 0.217. The number of carboxylic acids is 1. The van der Waals surface area contributed by atoms with Crippen LogP contribution >= 0.6 is 0 Å². The molecule has 1 atom stereocenters. The predicted molar refractivity (Wildman–Crippen MR) is 81.6 cm³/mol. The number of hydrogen-bond acceptors (Lipinski definition) is 3. The number of benzene rings is 1. The number of rotatable bonds is 4. The number of aliphatic carboxylic acids is 1. The molecule has 118 valence electrons. The smallest absolute Gasteiger partial charge is 0.326 e. The highest BCUT2D eigenvalue weighted by atomic mass is 16.4. The summed E-state index contributed by atoms with van der Waals surface area (Å²) in [5.74, 6) is -2.91. The molecule has 0 fully saturated rings. The first-order chi connectivity index (χ1) is 10.5. The summed E-state index contributed by atoms with van der Waals surface area (Å²) in [7, 11) is 0. The molecule has 3 N–H and O–H groups in total. The van der Waals surface area contributed by atoms with Gasteiger partial charge in [-0.25, -0.2) is 4.79 Å². The summed E-state index contributed by atoms with van der Waals surface area (Å²) in [5.41, 5.74) is 2.90. The normalized spacial score (nSPS) is 14.6. The van der Waals surface area contributed by atoms with Crippen molar-refractivity contribution < 1.29 is 19.5 Å². The van der Waals surface area contributed by atoms with E-state index in [2.05, 4.69) is 10.6 Å². The molecule has 0 spiro atoms. The summed E-state index contributed by atoms with van der Waals surface area (Å²) in [5, 5.41) is 13.7. The van der Waals surface area contributed by atoms with Gasteiger partial charge in [0, 0.05) is 5.69 Å². The zero-order chi connectivity index (χ0) is 16.1. The van der Waals surface area contributed by atoms with Crippen LogP contribution in [0.15, 0.2) is 18.2 Å². The number of aryl methyl sites for hydroxylation is 1. The first-order valence-corrected chi connectivity index (χ1v) is 7.48. The van der Waals surface area contributed by atoms with Crippen LogP contribution in [0.3, 0.4) is 0 Å². The predicted octanol–water partition coefficient (Wildman–Crippen LogP) is 1.48. The number of nitrogens with one attached hydrogen (secondary N) is 2. The molecule has 1 aromatic carbocycles. The first kappa shape index (κ1) is 16.0. The monoisotopic (exact) mass is 304 g/mol. The number of hydrogen-bond donors (Lipinski definition) is 3. The molecule has 1 aliphatic carbocycles. The lowest BCUT2D eigenvalue weighted by Crippen LogP contribution is -2.45. The minimum atomic E-state index is -1.15. The Hall–Kier alpha value is -2.37. The van der Waals surface area contributed by atoms with Gasteiger partial charge in [-0.15, -0.1) is 0 Å². The highest BCUT2D eigenvalue weighted by molar-refractivity contribution is 6.40. The van der Waals surface area contributed by atoms with E-state index in [1.54, 1.807) is 13.0 Å². The van der Waals surface area contributed by atoms with E-state index in [4.69, 9.17) is 5.11 Å². The summed E-state index contributed by atoms with van der Waals surface area (Å²) in [4.78, 5) is 34.7. The molecule has 2 amide bonds. The van der Waals surface area contributed by atoms with Gasteiger partial charge >= 0.3 is 17.8 Å². The summed E-state index contributed by atoms with van der Waals surface area (Å²) in [6.45, 7) is 1.63. The van der Waals surface area contributed by atoms with E-state index in [9.17, 15) is 14.4 Å². The van der Waals surface area contributed by atoms with E-state index in [-0.39, 0.29) is 6.42 Å². The van der Waals surface area contributed by atoms with Crippen molar-refractivity contribution >= 4 is 23.5 Å².